The highest BCUT2D eigenvalue weighted by molar-refractivity contribution is 6.33. The van der Waals surface area contributed by atoms with E-state index in [0.29, 0.717) is 36.0 Å². The van der Waals surface area contributed by atoms with Crippen LogP contribution in [0, 0.1) is 0 Å². The summed E-state index contributed by atoms with van der Waals surface area (Å²) in [6.45, 7) is 10.2. The van der Waals surface area contributed by atoms with Crippen molar-refractivity contribution in [1.82, 2.24) is 0 Å². The Labute approximate surface area is 321 Å². The first-order valence-electron chi connectivity index (χ1n) is 17.2. The van der Waals surface area contributed by atoms with E-state index in [9.17, 15) is 9.59 Å². The number of hydrogen-bond acceptors (Lipinski definition) is 3. The number of halogens is 4. The Morgan fingerprint density at radius 2 is 1.46 bits per heavy atom. The van der Waals surface area contributed by atoms with Gasteiger partial charge in [-0.25, -0.2) is 0 Å². The molecule has 0 saturated heterocycles. The van der Waals surface area contributed by atoms with Crippen LogP contribution in [0.15, 0.2) is 82.6 Å². The van der Waals surface area contributed by atoms with Crippen LogP contribution >= 0.6 is 34.8 Å². The maximum absolute atomic E-state index is 11.1. The van der Waals surface area contributed by atoms with E-state index in [1.165, 1.54) is 0 Å². The van der Waals surface area contributed by atoms with Crippen LogP contribution in [0.5, 0.6) is 0 Å². The Kier molecular flexibility index (Phi) is 13.3. The van der Waals surface area contributed by atoms with E-state index in [0.717, 1.165) is 82.2 Å². The van der Waals surface area contributed by atoms with Crippen LogP contribution in [0.4, 0.5) is 11.4 Å². The first kappa shape index (κ1) is 39.9. The second kappa shape index (κ2) is 16.7. The van der Waals surface area contributed by atoms with Gasteiger partial charge in [-0.05, 0) is 105 Å². The third-order valence-electron chi connectivity index (χ3n) is 10.1. The molecule has 0 fully saturated rings. The largest absolute Gasteiger partial charge is 1.00 e. The lowest BCUT2D eigenvalue weighted by molar-refractivity contribution is -0.438. The fraction of sp³-hybridized carbons (Fsp3) is 0.425. The summed E-state index contributed by atoms with van der Waals surface area (Å²) in [6.07, 6.45) is 14.5. The highest BCUT2D eigenvalue weighted by Crippen LogP contribution is 2.49. The number of anilines is 1. The number of carboxylic acid groups (broad SMARTS) is 2. The molecule has 0 atom stereocenters. The molecular formula is C40H46BrCl3N2O4. The molecule has 2 N–H and O–H groups in total. The number of rotatable bonds is 13. The first-order chi connectivity index (χ1) is 23.2. The van der Waals surface area contributed by atoms with Crippen LogP contribution in [-0.4, -0.2) is 45.5 Å². The van der Waals surface area contributed by atoms with Crippen molar-refractivity contribution in [3.63, 3.8) is 0 Å². The predicted molar refractivity (Wildman–Crippen MR) is 201 cm³/mol. The van der Waals surface area contributed by atoms with Crippen molar-refractivity contribution in [3.05, 3.63) is 104 Å². The van der Waals surface area contributed by atoms with Gasteiger partial charge in [0.25, 0.3) is 0 Å². The van der Waals surface area contributed by atoms with Gasteiger partial charge in [0.2, 0.25) is 5.69 Å². The summed E-state index contributed by atoms with van der Waals surface area (Å²) < 4.78 is 2.31. The number of allylic oxidation sites excluding steroid dienone is 8. The zero-order valence-electron chi connectivity index (χ0n) is 29.2. The number of nitrogens with zero attached hydrogens (tertiary/aromatic N) is 2. The number of carboxylic acids is 2. The molecule has 1 aliphatic carbocycles. The standard InChI is InChI=1S/C40H45Cl3N2O4.BrH/c1-39(2)30-24-28(41)16-18-32(30)44(22-7-5-12-36(46)47)34(39)20-14-26-10-9-11-27(38(26)43)15-21-35-40(3,4)31-25-29(42)17-19-33(31)45(35)23-8-6-13-37(48)49;/h14-21,24-25H,5-13,22-23H2,1-4H3,(H-,46,47,48,49);1H. The number of benzene rings is 2. The average Bonchev–Trinajstić information content (AvgIpc) is 3.37. The third-order valence-corrected chi connectivity index (χ3v) is 11.0. The van der Waals surface area contributed by atoms with Crippen molar-refractivity contribution in [2.24, 2.45) is 0 Å². The molecule has 5 rings (SSSR count). The van der Waals surface area contributed by atoms with Gasteiger partial charge in [0.05, 0.1) is 5.41 Å². The minimum Gasteiger partial charge on any atom is -1.00 e. The van der Waals surface area contributed by atoms with Gasteiger partial charge in [0, 0.05) is 75.4 Å². The molecule has 50 heavy (non-hydrogen) atoms. The van der Waals surface area contributed by atoms with Gasteiger partial charge < -0.3 is 32.1 Å². The minimum atomic E-state index is -0.773. The molecule has 2 aliphatic heterocycles. The summed E-state index contributed by atoms with van der Waals surface area (Å²) in [6, 6.07) is 12.0. The Morgan fingerprint density at radius 3 is 2.14 bits per heavy atom. The average molecular weight is 805 g/mol. The highest BCUT2D eigenvalue weighted by atomic mass is 79.9. The Bertz CT molecular complexity index is 1810. The van der Waals surface area contributed by atoms with Crippen molar-refractivity contribution >= 4 is 63.8 Å². The molecule has 0 amide bonds. The molecule has 2 aromatic rings. The van der Waals surface area contributed by atoms with E-state index >= 15 is 0 Å². The zero-order valence-corrected chi connectivity index (χ0v) is 33.0. The molecule has 0 bridgehead atoms. The van der Waals surface area contributed by atoms with Gasteiger partial charge in [-0.15, -0.1) is 0 Å². The van der Waals surface area contributed by atoms with Crippen LogP contribution in [0.2, 0.25) is 10.0 Å². The molecule has 10 heteroatoms. The van der Waals surface area contributed by atoms with Crippen molar-refractivity contribution in [3.8, 4) is 0 Å². The zero-order chi connectivity index (χ0) is 35.5. The Morgan fingerprint density at radius 1 is 0.820 bits per heavy atom. The predicted octanol–water partition coefficient (Wildman–Crippen LogP) is 7.72. The summed E-state index contributed by atoms with van der Waals surface area (Å²) in [5, 5.41) is 20.5. The van der Waals surface area contributed by atoms with Crippen LogP contribution in [0.1, 0.15) is 96.6 Å². The monoisotopic (exact) mass is 802 g/mol. The molecule has 0 aromatic heterocycles. The number of carbonyl (C=O) groups is 2. The number of aliphatic carboxylic acids is 2. The van der Waals surface area contributed by atoms with Gasteiger partial charge in [-0.3, -0.25) is 9.59 Å². The molecular weight excluding hydrogens is 759 g/mol. The molecule has 0 unspecified atom stereocenters. The maximum atomic E-state index is 11.1. The summed E-state index contributed by atoms with van der Waals surface area (Å²) >= 11 is 20.1. The highest BCUT2D eigenvalue weighted by Gasteiger charge is 2.44. The van der Waals surface area contributed by atoms with Crippen LogP contribution in [0.3, 0.4) is 0 Å². The SMILES string of the molecule is CC1(C)C(/C=C/C2=C(Cl)C(=C/C=C3/N(CCCCC(=O)O)c4ccc(Cl)cc4C3(C)C)/CCC2)=[N+](CCCCC(=O)O)c2ccc(Cl)cc21.[Br-]. The lowest BCUT2D eigenvalue weighted by atomic mass is 9.81. The van der Waals surface area contributed by atoms with E-state index in [2.05, 4.69) is 73.6 Å². The van der Waals surface area contributed by atoms with Crippen LogP contribution < -0.4 is 21.9 Å². The molecule has 2 heterocycles. The van der Waals surface area contributed by atoms with Crippen LogP contribution in [-0.2, 0) is 20.4 Å². The smallest absolute Gasteiger partial charge is 0.303 e. The molecule has 6 nitrogen and oxygen atoms in total. The Balaban J connectivity index is 0.00000562. The molecule has 0 radical (unpaired) electrons. The topological polar surface area (TPSA) is 80.9 Å². The van der Waals surface area contributed by atoms with Gasteiger partial charge in [-0.1, -0.05) is 60.8 Å². The fourth-order valence-electron chi connectivity index (χ4n) is 7.44. The van der Waals surface area contributed by atoms with Crippen LogP contribution in [0.25, 0.3) is 0 Å². The van der Waals surface area contributed by atoms with E-state index in [1.54, 1.807) is 0 Å². The normalized spacial score (nSPS) is 19.4. The van der Waals surface area contributed by atoms with E-state index in [-0.39, 0.29) is 40.7 Å². The van der Waals surface area contributed by atoms with E-state index in [1.807, 2.05) is 24.3 Å². The minimum absolute atomic E-state index is 0. The first-order valence-corrected chi connectivity index (χ1v) is 18.3. The lowest BCUT2D eigenvalue weighted by Crippen LogP contribution is -3.00. The molecule has 268 valence electrons. The number of fused-ring (bicyclic) bond motifs is 2. The molecule has 0 saturated carbocycles. The van der Waals surface area contributed by atoms with Crippen molar-refractivity contribution < 1.29 is 41.4 Å². The van der Waals surface area contributed by atoms with Crippen molar-refractivity contribution in [2.45, 2.75) is 96.3 Å². The summed E-state index contributed by atoms with van der Waals surface area (Å²) in [5.41, 5.74) is 8.38. The van der Waals surface area contributed by atoms with Gasteiger partial charge in [0.1, 0.15) is 6.54 Å². The summed E-state index contributed by atoms with van der Waals surface area (Å²) in [5.74, 6) is -1.55. The quantitative estimate of drug-likeness (QED) is 0.160. The summed E-state index contributed by atoms with van der Waals surface area (Å²) in [7, 11) is 0. The van der Waals surface area contributed by atoms with Crippen molar-refractivity contribution in [2.75, 3.05) is 18.0 Å². The summed E-state index contributed by atoms with van der Waals surface area (Å²) in [4.78, 5) is 24.6. The number of hydrogen-bond donors (Lipinski definition) is 2. The lowest BCUT2D eigenvalue weighted by Gasteiger charge is -2.27. The molecule has 0 spiro atoms. The third kappa shape index (κ3) is 8.61. The Hall–Kier alpha value is -2.84. The second-order valence-electron chi connectivity index (χ2n) is 14.2. The van der Waals surface area contributed by atoms with Gasteiger partial charge in [-0.2, -0.15) is 4.58 Å². The maximum Gasteiger partial charge on any atom is 0.303 e. The molecule has 3 aliphatic rings. The fourth-order valence-corrected chi connectivity index (χ4v) is 8.10. The van der Waals surface area contributed by atoms with Gasteiger partial charge >= 0.3 is 11.9 Å². The number of unbranched alkanes of at least 4 members (excludes halogenated alkanes) is 2. The second-order valence-corrected chi connectivity index (χ2v) is 15.5. The van der Waals surface area contributed by atoms with E-state index < -0.39 is 11.9 Å². The van der Waals surface area contributed by atoms with Gasteiger partial charge in [0.15, 0.2) is 5.71 Å². The molecule has 2 aromatic carbocycles. The van der Waals surface area contributed by atoms with Crippen molar-refractivity contribution in [1.29, 1.82) is 0 Å². The van der Waals surface area contributed by atoms with E-state index in [4.69, 9.17) is 45.0 Å².